The first-order chi connectivity index (χ1) is 5.36. The molecule has 11 heavy (non-hydrogen) atoms. The lowest BCUT2D eigenvalue weighted by Crippen LogP contribution is -2.30. The van der Waals surface area contributed by atoms with Crippen LogP contribution in [0.2, 0.25) is 0 Å². The van der Waals surface area contributed by atoms with Gasteiger partial charge in [-0.1, -0.05) is 19.8 Å². The van der Waals surface area contributed by atoms with Gasteiger partial charge < -0.3 is 10.1 Å². The summed E-state index contributed by atoms with van der Waals surface area (Å²) >= 11 is 0. The van der Waals surface area contributed by atoms with Gasteiger partial charge in [0.05, 0.1) is 6.04 Å². The minimum atomic E-state index is 0.150. The molecule has 0 amide bonds. The molecule has 1 aliphatic rings. The highest BCUT2D eigenvalue weighted by atomic mass is 16.1. The van der Waals surface area contributed by atoms with Crippen LogP contribution in [-0.4, -0.2) is 18.4 Å². The molecule has 1 unspecified atom stereocenters. The molecule has 1 saturated heterocycles. The molecule has 1 aliphatic heterocycles. The van der Waals surface area contributed by atoms with Crippen LogP contribution in [0.1, 0.15) is 39.0 Å². The van der Waals surface area contributed by atoms with Crippen LogP contribution in [0, 0.1) is 0 Å². The molecule has 2 atom stereocenters. The van der Waals surface area contributed by atoms with E-state index in [0.29, 0.717) is 6.04 Å². The lowest BCUT2D eigenvalue weighted by atomic mass is 10.1. The fourth-order valence-electron chi connectivity index (χ4n) is 1.64. The minimum absolute atomic E-state index is 0.150. The third kappa shape index (κ3) is 2.62. The fraction of sp³-hybridized carbons (Fsp3) is 0.889. The highest BCUT2D eigenvalue weighted by molar-refractivity contribution is 5.58. The normalized spacial score (nSPS) is 30.6. The Morgan fingerprint density at radius 3 is 2.91 bits per heavy atom. The Morgan fingerprint density at radius 2 is 2.36 bits per heavy atom. The predicted molar refractivity (Wildman–Crippen MR) is 45.5 cm³/mol. The average Bonchev–Trinajstić information content (AvgIpc) is 2.48. The van der Waals surface area contributed by atoms with Gasteiger partial charge in [-0.3, -0.25) is 0 Å². The second kappa shape index (κ2) is 4.50. The topological polar surface area (TPSA) is 29.1 Å². The molecule has 0 saturated carbocycles. The number of unbranched alkanes of at least 4 members (excludes halogenated alkanes) is 1. The molecule has 2 nitrogen and oxygen atoms in total. The summed E-state index contributed by atoms with van der Waals surface area (Å²) in [5, 5.41) is 3.31. The molecule has 0 radical (unpaired) electrons. The van der Waals surface area contributed by atoms with Crippen molar-refractivity contribution < 1.29 is 4.79 Å². The van der Waals surface area contributed by atoms with Crippen molar-refractivity contribution in [2.24, 2.45) is 0 Å². The summed E-state index contributed by atoms with van der Waals surface area (Å²) in [4.78, 5) is 10.4. The van der Waals surface area contributed by atoms with E-state index in [1.807, 2.05) is 0 Å². The molecule has 0 aromatic heterocycles. The minimum Gasteiger partial charge on any atom is -0.305 e. The summed E-state index contributed by atoms with van der Waals surface area (Å²) in [5.74, 6) is 0. The first-order valence-electron chi connectivity index (χ1n) is 4.58. The third-order valence-electron chi connectivity index (χ3n) is 2.35. The van der Waals surface area contributed by atoms with E-state index in [1.54, 1.807) is 0 Å². The molecule has 0 aromatic rings. The van der Waals surface area contributed by atoms with Gasteiger partial charge >= 0.3 is 0 Å². The molecule has 64 valence electrons. The van der Waals surface area contributed by atoms with Crippen LogP contribution in [0.3, 0.4) is 0 Å². The highest BCUT2D eigenvalue weighted by Crippen LogP contribution is 2.15. The number of rotatable bonds is 4. The lowest BCUT2D eigenvalue weighted by molar-refractivity contribution is -0.109. The van der Waals surface area contributed by atoms with Crippen molar-refractivity contribution in [3.05, 3.63) is 0 Å². The summed E-state index contributed by atoms with van der Waals surface area (Å²) in [7, 11) is 0. The van der Waals surface area contributed by atoms with E-state index in [4.69, 9.17) is 0 Å². The molecule has 0 aromatic carbocycles. The molecule has 1 heterocycles. The molecular weight excluding hydrogens is 138 g/mol. The molecule has 1 rings (SSSR count). The van der Waals surface area contributed by atoms with Crippen LogP contribution >= 0.6 is 0 Å². The number of hydrogen-bond donors (Lipinski definition) is 1. The van der Waals surface area contributed by atoms with Crippen molar-refractivity contribution in [3.63, 3.8) is 0 Å². The Balaban J connectivity index is 2.14. The number of nitrogens with one attached hydrogen (secondary N) is 1. The van der Waals surface area contributed by atoms with Gasteiger partial charge in [-0.2, -0.15) is 0 Å². The smallest absolute Gasteiger partial charge is 0.136 e. The molecule has 0 bridgehead atoms. The van der Waals surface area contributed by atoms with Gasteiger partial charge in [-0.15, -0.1) is 0 Å². The summed E-state index contributed by atoms with van der Waals surface area (Å²) in [6, 6.07) is 0.766. The van der Waals surface area contributed by atoms with Crippen LogP contribution in [-0.2, 0) is 4.79 Å². The second-order valence-electron chi connectivity index (χ2n) is 3.33. The lowest BCUT2D eigenvalue weighted by Gasteiger charge is -2.09. The van der Waals surface area contributed by atoms with Gasteiger partial charge in [0.1, 0.15) is 6.29 Å². The van der Waals surface area contributed by atoms with E-state index in [1.165, 1.54) is 25.7 Å². The van der Waals surface area contributed by atoms with Crippen LogP contribution in [0.5, 0.6) is 0 Å². The number of carbonyl (C=O) groups excluding carboxylic acids is 1. The summed E-state index contributed by atoms with van der Waals surface area (Å²) in [5.41, 5.74) is 0. The Morgan fingerprint density at radius 1 is 1.55 bits per heavy atom. The summed E-state index contributed by atoms with van der Waals surface area (Å²) < 4.78 is 0. The molecule has 0 spiro atoms. The SMILES string of the molecule is CCCCC1CC[C@H](C=O)N1. The van der Waals surface area contributed by atoms with E-state index in [9.17, 15) is 4.79 Å². The van der Waals surface area contributed by atoms with E-state index < -0.39 is 0 Å². The van der Waals surface area contributed by atoms with Crippen molar-refractivity contribution in [1.82, 2.24) is 5.32 Å². The van der Waals surface area contributed by atoms with Crippen molar-refractivity contribution in [3.8, 4) is 0 Å². The maximum atomic E-state index is 10.4. The Hall–Kier alpha value is -0.370. The monoisotopic (exact) mass is 155 g/mol. The molecule has 0 aliphatic carbocycles. The summed E-state index contributed by atoms with van der Waals surface area (Å²) in [6.07, 6.45) is 7.03. The standard InChI is InChI=1S/C9H17NO/c1-2-3-4-8-5-6-9(7-11)10-8/h7-10H,2-6H2,1H3/t8?,9-/m1/s1. The average molecular weight is 155 g/mol. The predicted octanol–water partition coefficient (Wildman–Crippen LogP) is 1.50. The largest absolute Gasteiger partial charge is 0.305 e. The van der Waals surface area contributed by atoms with Gasteiger partial charge in [-0.05, 0) is 19.3 Å². The number of hydrogen-bond acceptors (Lipinski definition) is 2. The zero-order valence-electron chi connectivity index (χ0n) is 7.18. The van der Waals surface area contributed by atoms with Gasteiger partial charge in [0.25, 0.3) is 0 Å². The zero-order chi connectivity index (χ0) is 8.10. The van der Waals surface area contributed by atoms with Crippen LogP contribution in [0.4, 0.5) is 0 Å². The van der Waals surface area contributed by atoms with Gasteiger partial charge in [0.15, 0.2) is 0 Å². The van der Waals surface area contributed by atoms with Crippen molar-refractivity contribution >= 4 is 6.29 Å². The van der Waals surface area contributed by atoms with Crippen LogP contribution in [0.15, 0.2) is 0 Å². The third-order valence-corrected chi connectivity index (χ3v) is 2.35. The Kier molecular flexibility index (Phi) is 3.57. The van der Waals surface area contributed by atoms with Crippen LogP contribution < -0.4 is 5.32 Å². The summed E-state index contributed by atoms with van der Waals surface area (Å²) in [6.45, 7) is 2.20. The fourth-order valence-corrected chi connectivity index (χ4v) is 1.64. The maximum Gasteiger partial charge on any atom is 0.136 e. The van der Waals surface area contributed by atoms with Crippen molar-refractivity contribution in [2.75, 3.05) is 0 Å². The van der Waals surface area contributed by atoms with Gasteiger partial charge in [-0.25, -0.2) is 0 Å². The first kappa shape index (κ1) is 8.72. The Bertz CT molecular complexity index is 125. The zero-order valence-corrected chi connectivity index (χ0v) is 7.18. The van der Waals surface area contributed by atoms with Gasteiger partial charge in [0, 0.05) is 6.04 Å². The second-order valence-corrected chi connectivity index (χ2v) is 3.33. The number of aldehydes is 1. The van der Waals surface area contributed by atoms with Crippen molar-refractivity contribution in [2.45, 2.75) is 51.1 Å². The molecule has 1 N–H and O–H groups in total. The van der Waals surface area contributed by atoms with E-state index in [0.717, 1.165) is 12.7 Å². The van der Waals surface area contributed by atoms with Gasteiger partial charge in [0.2, 0.25) is 0 Å². The Labute approximate surface area is 68.4 Å². The quantitative estimate of drug-likeness (QED) is 0.623. The van der Waals surface area contributed by atoms with Crippen LogP contribution in [0.25, 0.3) is 0 Å². The molecule has 2 heteroatoms. The molecule has 1 fully saturated rings. The van der Waals surface area contributed by atoms with Crippen molar-refractivity contribution in [1.29, 1.82) is 0 Å². The maximum absolute atomic E-state index is 10.4. The van der Waals surface area contributed by atoms with E-state index >= 15 is 0 Å². The van der Waals surface area contributed by atoms with E-state index in [2.05, 4.69) is 12.2 Å². The first-order valence-corrected chi connectivity index (χ1v) is 4.58. The number of carbonyl (C=O) groups is 1. The highest BCUT2D eigenvalue weighted by Gasteiger charge is 2.21. The van der Waals surface area contributed by atoms with E-state index in [-0.39, 0.29) is 6.04 Å². The molecular formula is C9H17NO.